The monoisotopic (exact) mass is 320 g/mol. The topological polar surface area (TPSA) is 36.4 Å². The molecule has 0 radical (unpaired) electrons. The summed E-state index contributed by atoms with van der Waals surface area (Å²) in [5, 5.41) is 12.3. The van der Waals surface area contributed by atoms with Gasteiger partial charge in [0, 0.05) is 36.5 Å². The van der Waals surface area contributed by atoms with Gasteiger partial charge in [-0.3, -0.25) is 4.90 Å². The van der Waals surface area contributed by atoms with Crippen LogP contribution in [-0.4, -0.2) is 39.9 Å². The molecule has 1 unspecified atom stereocenters. The van der Waals surface area contributed by atoms with Gasteiger partial charge in [-0.05, 0) is 24.5 Å². The van der Waals surface area contributed by atoms with Crippen LogP contribution in [0.5, 0.6) is 0 Å². The number of aliphatic hydroxyl groups excluding tert-OH is 1. The fraction of sp³-hybridized carbons (Fsp3) is 0.438. The van der Waals surface area contributed by atoms with E-state index in [1.807, 2.05) is 6.92 Å². The minimum atomic E-state index is -0.301. The van der Waals surface area contributed by atoms with Gasteiger partial charge in [0.1, 0.15) is 4.34 Å². The second-order valence-corrected chi connectivity index (χ2v) is 7.60. The predicted octanol–water partition coefficient (Wildman–Crippen LogP) is 2.96. The van der Waals surface area contributed by atoms with E-state index < -0.39 is 0 Å². The number of aromatic nitrogens is 1. The Morgan fingerprint density at radius 1 is 1.38 bits per heavy atom. The molecule has 2 aromatic rings. The number of benzene rings is 1. The molecule has 3 rings (SSSR count). The first kappa shape index (κ1) is 15.0. The number of aryl methyl sites for hydroxylation is 1. The Morgan fingerprint density at radius 3 is 2.95 bits per heavy atom. The third kappa shape index (κ3) is 4.07. The van der Waals surface area contributed by atoms with E-state index in [2.05, 4.69) is 39.5 Å². The first-order chi connectivity index (χ1) is 10.2. The highest BCUT2D eigenvalue weighted by Crippen LogP contribution is 2.24. The molecular formula is C16H20N2OS2. The molecule has 5 heteroatoms. The smallest absolute Gasteiger partial charge is 0.150 e. The maximum Gasteiger partial charge on any atom is 0.150 e. The van der Waals surface area contributed by atoms with Gasteiger partial charge in [0.2, 0.25) is 0 Å². The SMILES string of the molecule is Cc1csc(SCC(O)CN2CCc3ccccc3C2)n1. The highest BCUT2D eigenvalue weighted by Gasteiger charge is 2.18. The van der Waals surface area contributed by atoms with Crippen molar-refractivity contribution >= 4 is 23.1 Å². The average Bonchev–Trinajstić information content (AvgIpc) is 2.91. The van der Waals surface area contributed by atoms with E-state index in [-0.39, 0.29) is 6.10 Å². The molecule has 1 aliphatic heterocycles. The lowest BCUT2D eigenvalue weighted by atomic mass is 10.00. The number of rotatable bonds is 5. The third-order valence-electron chi connectivity index (χ3n) is 3.68. The van der Waals surface area contributed by atoms with Gasteiger partial charge in [-0.25, -0.2) is 4.98 Å². The van der Waals surface area contributed by atoms with Crippen molar-refractivity contribution < 1.29 is 5.11 Å². The van der Waals surface area contributed by atoms with E-state index in [1.165, 1.54) is 11.1 Å². The molecular weight excluding hydrogens is 300 g/mol. The van der Waals surface area contributed by atoms with Crippen molar-refractivity contribution in [2.24, 2.45) is 0 Å². The van der Waals surface area contributed by atoms with E-state index in [1.54, 1.807) is 23.1 Å². The minimum Gasteiger partial charge on any atom is -0.391 e. The van der Waals surface area contributed by atoms with Crippen molar-refractivity contribution in [2.45, 2.75) is 30.3 Å². The summed E-state index contributed by atoms with van der Waals surface area (Å²) in [4.78, 5) is 6.76. The Balaban J connectivity index is 1.48. The summed E-state index contributed by atoms with van der Waals surface area (Å²) in [5.41, 5.74) is 3.92. The zero-order chi connectivity index (χ0) is 14.7. The molecule has 1 aromatic heterocycles. The predicted molar refractivity (Wildman–Crippen MR) is 89.0 cm³/mol. The Kier molecular flexibility index (Phi) is 4.95. The lowest BCUT2D eigenvalue weighted by Gasteiger charge is -2.30. The molecule has 3 nitrogen and oxygen atoms in total. The third-order valence-corrected chi connectivity index (χ3v) is 5.96. The highest BCUT2D eigenvalue weighted by molar-refractivity contribution is 8.01. The molecule has 0 amide bonds. The Bertz CT molecular complexity index is 599. The number of hydrogen-bond acceptors (Lipinski definition) is 5. The molecule has 112 valence electrons. The number of hydrogen-bond donors (Lipinski definition) is 1. The Hall–Kier alpha value is -0.880. The molecule has 1 aromatic carbocycles. The maximum atomic E-state index is 10.2. The van der Waals surface area contributed by atoms with Gasteiger partial charge in [-0.1, -0.05) is 36.0 Å². The largest absolute Gasteiger partial charge is 0.391 e. The van der Waals surface area contributed by atoms with Crippen LogP contribution in [-0.2, 0) is 13.0 Å². The summed E-state index contributed by atoms with van der Waals surface area (Å²) in [6.45, 7) is 4.73. The molecule has 0 spiro atoms. The summed E-state index contributed by atoms with van der Waals surface area (Å²) >= 11 is 3.31. The van der Waals surface area contributed by atoms with Crippen LogP contribution in [0.15, 0.2) is 34.0 Å². The van der Waals surface area contributed by atoms with Gasteiger partial charge in [-0.15, -0.1) is 11.3 Å². The fourth-order valence-corrected chi connectivity index (χ4v) is 4.42. The van der Waals surface area contributed by atoms with E-state index >= 15 is 0 Å². The number of β-amino-alcohol motifs (C(OH)–C–C–N with tert-alkyl or cyclic N) is 1. The number of fused-ring (bicyclic) bond motifs is 1. The van der Waals surface area contributed by atoms with E-state index in [0.717, 1.165) is 36.1 Å². The van der Waals surface area contributed by atoms with Crippen molar-refractivity contribution in [3.8, 4) is 0 Å². The van der Waals surface area contributed by atoms with Gasteiger partial charge in [0.25, 0.3) is 0 Å². The van der Waals surface area contributed by atoms with Crippen molar-refractivity contribution in [3.63, 3.8) is 0 Å². The van der Waals surface area contributed by atoms with Gasteiger partial charge in [0.05, 0.1) is 6.10 Å². The molecule has 0 saturated heterocycles. The standard InChI is InChI=1S/C16H20N2OS2/c1-12-10-20-16(17-12)21-11-15(19)9-18-7-6-13-4-2-3-5-14(13)8-18/h2-5,10,15,19H,6-9,11H2,1H3. The lowest BCUT2D eigenvalue weighted by molar-refractivity contribution is 0.122. The molecule has 0 fully saturated rings. The first-order valence-corrected chi connectivity index (χ1v) is 9.09. The number of aliphatic hydroxyl groups is 1. The van der Waals surface area contributed by atoms with Crippen molar-refractivity contribution in [1.82, 2.24) is 9.88 Å². The number of thiazole rings is 1. The Labute approximate surface area is 134 Å². The number of nitrogens with zero attached hydrogens (tertiary/aromatic N) is 2. The zero-order valence-electron chi connectivity index (χ0n) is 12.2. The minimum absolute atomic E-state index is 0.301. The zero-order valence-corrected chi connectivity index (χ0v) is 13.8. The molecule has 1 atom stereocenters. The summed E-state index contributed by atoms with van der Waals surface area (Å²) in [5.74, 6) is 0.713. The van der Waals surface area contributed by atoms with Crippen LogP contribution in [0, 0.1) is 6.92 Å². The van der Waals surface area contributed by atoms with E-state index in [0.29, 0.717) is 5.75 Å². The second kappa shape index (κ2) is 6.92. The van der Waals surface area contributed by atoms with Crippen molar-refractivity contribution in [1.29, 1.82) is 0 Å². The molecule has 21 heavy (non-hydrogen) atoms. The van der Waals surface area contributed by atoms with Crippen molar-refractivity contribution in [3.05, 3.63) is 46.5 Å². The molecule has 0 aliphatic carbocycles. The van der Waals surface area contributed by atoms with Gasteiger partial charge >= 0.3 is 0 Å². The van der Waals surface area contributed by atoms with E-state index in [9.17, 15) is 5.11 Å². The van der Waals surface area contributed by atoms with E-state index in [4.69, 9.17) is 0 Å². The average molecular weight is 320 g/mol. The summed E-state index contributed by atoms with van der Waals surface area (Å²) in [6, 6.07) is 8.61. The van der Waals surface area contributed by atoms with Crippen LogP contribution in [0.4, 0.5) is 0 Å². The fourth-order valence-electron chi connectivity index (χ4n) is 2.63. The second-order valence-electron chi connectivity index (χ2n) is 5.47. The van der Waals surface area contributed by atoms with Crippen LogP contribution in [0.3, 0.4) is 0 Å². The normalized spacial score (nSPS) is 16.7. The Morgan fingerprint density at radius 2 is 2.19 bits per heavy atom. The highest BCUT2D eigenvalue weighted by atomic mass is 32.2. The van der Waals surface area contributed by atoms with Crippen LogP contribution in [0.25, 0.3) is 0 Å². The van der Waals surface area contributed by atoms with Crippen LogP contribution < -0.4 is 0 Å². The number of thioether (sulfide) groups is 1. The molecule has 1 aliphatic rings. The quantitative estimate of drug-likeness (QED) is 0.859. The summed E-state index contributed by atoms with van der Waals surface area (Å²) in [7, 11) is 0. The summed E-state index contributed by atoms with van der Waals surface area (Å²) in [6.07, 6.45) is 0.784. The van der Waals surface area contributed by atoms with Crippen LogP contribution in [0.2, 0.25) is 0 Å². The molecule has 2 heterocycles. The van der Waals surface area contributed by atoms with Crippen LogP contribution in [0.1, 0.15) is 16.8 Å². The molecule has 0 saturated carbocycles. The molecule has 0 bridgehead atoms. The first-order valence-electron chi connectivity index (χ1n) is 7.23. The van der Waals surface area contributed by atoms with Gasteiger partial charge < -0.3 is 5.11 Å². The lowest BCUT2D eigenvalue weighted by Crippen LogP contribution is -2.37. The van der Waals surface area contributed by atoms with Crippen LogP contribution >= 0.6 is 23.1 Å². The molecule has 1 N–H and O–H groups in total. The maximum absolute atomic E-state index is 10.2. The van der Waals surface area contributed by atoms with Gasteiger partial charge in [0.15, 0.2) is 0 Å². The summed E-state index contributed by atoms with van der Waals surface area (Å²) < 4.78 is 1.05. The van der Waals surface area contributed by atoms with Crippen molar-refractivity contribution in [2.75, 3.05) is 18.8 Å². The van der Waals surface area contributed by atoms with Gasteiger partial charge in [-0.2, -0.15) is 0 Å².